The molecule has 0 aliphatic rings. The standard InChI is InChI=1S/C15H16FN5/c1-3-7-18-14-10(2)15(20-9-19-14)21-13-6-4-5-12(16)11(13)8-17/h4-6,9H,3,7H2,1-2H3,(H2,18,19,20,21). The molecule has 6 heteroatoms. The van der Waals surface area contributed by atoms with Gasteiger partial charge in [0.05, 0.1) is 5.69 Å². The molecule has 0 spiro atoms. The number of hydrogen-bond donors (Lipinski definition) is 2. The Labute approximate surface area is 122 Å². The number of benzene rings is 1. The van der Waals surface area contributed by atoms with Crippen molar-refractivity contribution in [2.24, 2.45) is 0 Å². The van der Waals surface area contributed by atoms with Crippen LogP contribution in [0, 0.1) is 24.1 Å². The lowest BCUT2D eigenvalue weighted by molar-refractivity contribution is 0.624. The van der Waals surface area contributed by atoms with Crippen LogP contribution in [0.5, 0.6) is 0 Å². The molecule has 108 valence electrons. The SMILES string of the molecule is CCCNc1ncnc(Nc2cccc(F)c2C#N)c1C. The van der Waals surface area contributed by atoms with E-state index in [9.17, 15) is 4.39 Å². The quantitative estimate of drug-likeness (QED) is 0.881. The van der Waals surface area contributed by atoms with Crippen LogP contribution in [0.15, 0.2) is 24.5 Å². The highest BCUT2D eigenvalue weighted by molar-refractivity contribution is 5.69. The molecule has 21 heavy (non-hydrogen) atoms. The molecule has 0 unspecified atom stereocenters. The fraction of sp³-hybridized carbons (Fsp3) is 0.267. The predicted octanol–water partition coefficient (Wildman–Crippen LogP) is 3.36. The Hall–Kier alpha value is -2.68. The van der Waals surface area contributed by atoms with E-state index in [1.807, 2.05) is 13.0 Å². The lowest BCUT2D eigenvalue weighted by Crippen LogP contribution is -2.07. The van der Waals surface area contributed by atoms with Gasteiger partial charge in [-0.05, 0) is 25.5 Å². The summed E-state index contributed by atoms with van der Waals surface area (Å²) in [5, 5.41) is 15.2. The van der Waals surface area contributed by atoms with Crippen molar-refractivity contribution in [1.29, 1.82) is 5.26 Å². The zero-order valence-electron chi connectivity index (χ0n) is 11.9. The first-order valence-electron chi connectivity index (χ1n) is 6.68. The first-order valence-corrected chi connectivity index (χ1v) is 6.68. The summed E-state index contributed by atoms with van der Waals surface area (Å²) in [6, 6.07) is 6.30. The van der Waals surface area contributed by atoms with Crippen LogP contribution in [0.4, 0.5) is 21.7 Å². The third kappa shape index (κ3) is 3.26. The van der Waals surface area contributed by atoms with Crippen LogP contribution in [-0.2, 0) is 0 Å². The van der Waals surface area contributed by atoms with Gasteiger partial charge in [0, 0.05) is 12.1 Å². The highest BCUT2D eigenvalue weighted by Crippen LogP contribution is 2.25. The van der Waals surface area contributed by atoms with Gasteiger partial charge in [0.1, 0.15) is 35.4 Å². The molecule has 1 aromatic carbocycles. The van der Waals surface area contributed by atoms with Gasteiger partial charge in [-0.3, -0.25) is 0 Å². The second-order valence-electron chi connectivity index (χ2n) is 4.52. The maximum atomic E-state index is 13.6. The Kier molecular flexibility index (Phi) is 4.67. The molecule has 0 radical (unpaired) electrons. The number of hydrogen-bond acceptors (Lipinski definition) is 5. The number of anilines is 3. The van der Waals surface area contributed by atoms with Gasteiger partial charge in [-0.1, -0.05) is 13.0 Å². The molecule has 0 amide bonds. The van der Waals surface area contributed by atoms with Gasteiger partial charge in [0.15, 0.2) is 0 Å². The van der Waals surface area contributed by atoms with Gasteiger partial charge in [0.25, 0.3) is 0 Å². The highest BCUT2D eigenvalue weighted by atomic mass is 19.1. The van der Waals surface area contributed by atoms with Crippen LogP contribution in [0.1, 0.15) is 24.5 Å². The molecular formula is C15H16FN5. The maximum absolute atomic E-state index is 13.6. The summed E-state index contributed by atoms with van der Waals surface area (Å²) in [6.07, 6.45) is 2.41. The molecule has 0 saturated carbocycles. The lowest BCUT2D eigenvalue weighted by Gasteiger charge is -2.13. The van der Waals surface area contributed by atoms with Crippen molar-refractivity contribution in [3.05, 3.63) is 41.5 Å². The topological polar surface area (TPSA) is 73.6 Å². The van der Waals surface area contributed by atoms with E-state index in [4.69, 9.17) is 5.26 Å². The molecule has 0 fully saturated rings. The van der Waals surface area contributed by atoms with Gasteiger partial charge in [-0.15, -0.1) is 0 Å². The molecular weight excluding hydrogens is 269 g/mol. The minimum Gasteiger partial charge on any atom is -0.370 e. The van der Waals surface area contributed by atoms with Crippen LogP contribution < -0.4 is 10.6 Å². The highest BCUT2D eigenvalue weighted by Gasteiger charge is 2.11. The van der Waals surface area contributed by atoms with E-state index in [1.54, 1.807) is 12.1 Å². The van der Waals surface area contributed by atoms with Crippen molar-refractivity contribution >= 4 is 17.3 Å². The van der Waals surface area contributed by atoms with Crippen LogP contribution in [-0.4, -0.2) is 16.5 Å². The second kappa shape index (κ2) is 6.66. The largest absolute Gasteiger partial charge is 0.370 e. The summed E-state index contributed by atoms with van der Waals surface area (Å²) in [5.74, 6) is 0.716. The number of nitrogens with one attached hydrogen (secondary N) is 2. The Morgan fingerprint density at radius 1 is 1.29 bits per heavy atom. The van der Waals surface area contributed by atoms with E-state index in [2.05, 4.69) is 27.5 Å². The minimum atomic E-state index is -0.557. The Morgan fingerprint density at radius 2 is 2.05 bits per heavy atom. The van der Waals surface area contributed by atoms with E-state index < -0.39 is 5.82 Å². The summed E-state index contributed by atoms with van der Waals surface area (Å²) in [7, 11) is 0. The van der Waals surface area contributed by atoms with E-state index in [-0.39, 0.29) is 5.56 Å². The fourth-order valence-corrected chi connectivity index (χ4v) is 1.87. The summed E-state index contributed by atoms with van der Waals surface area (Å²) >= 11 is 0. The van der Waals surface area contributed by atoms with Gasteiger partial charge >= 0.3 is 0 Å². The number of nitrogens with zero attached hydrogens (tertiary/aromatic N) is 3. The zero-order chi connectivity index (χ0) is 15.2. The van der Waals surface area contributed by atoms with Gasteiger partial charge in [0.2, 0.25) is 0 Å². The van der Waals surface area contributed by atoms with Gasteiger partial charge < -0.3 is 10.6 Å². The normalized spacial score (nSPS) is 10.0. The summed E-state index contributed by atoms with van der Waals surface area (Å²) in [6.45, 7) is 4.74. The van der Waals surface area contributed by atoms with E-state index in [1.165, 1.54) is 12.4 Å². The Bertz CT molecular complexity index is 678. The van der Waals surface area contributed by atoms with E-state index in [0.29, 0.717) is 11.5 Å². The molecule has 0 aliphatic carbocycles. The molecule has 0 aliphatic heterocycles. The minimum absolute atomic E-state index is 0.0291. The molecule has 1 heterocycles. The first-order chi connectivity index (χ1) is 10.2. The molecule has 0 bridgehead atoms. The van der Waals surface area contributed by atoms with Crippen molar-refractivity contribution in [2.75, 3.05) is 17.2 Å². The third-order valence-corrected chi connectivity index (χ3v) is 3.01. The lowest BCUT2D eigenvalue weighted by atomic mass is 10.1. The number of nitriles is 1. The summed E-state index contributed by atoms with van der Waals surface area (Å²) in [4.78, 5) is 8.33. The van der Waals surface area contributed by atoms with Crippen LogP contribution in [0.2, 0.25) is 0 Å². The average Bonchev–Trinajstić information content (AvgIpc) is 2.48. The molecule has 0 atom stereocenters. The monoisotopic (exact) mass is 285 g/mol. The molecule has 2 rings (SSSR count). The predicted molar refractivity (Wildman–Crippen MR) is 79.9 cm³/mol. The van der Waals surface area contributed by atoms with E-state index in [0.717, 1.165) is 24.3 Å². The van der Waals surface area contributed by atoms with Crippen LogP contribution in [0.25, 0.3) is 0 Å². The number of rotatable bonds is 5. The van der Waals surface area contributed by atoms with Crippen molar-refractivity contribution in [1.82, 2.24) is 9.97 Å². The van der Waals surface area contributed by atoms with Crippen molar-refractivity contribution < 1.29 is 4.39 Å². The Balaban J connectivity index is 2.33. The molecule has 0 saturated heterocycles. The smallest absolute Gasteiger partial charge is 0.143 e. The third-order valence-electron chi connectivity index (χ3n) is 3.01. The van der Waals surface area contributed by atoms with Crippen LogP contribution >= 0.6 is 0 Å². The first kappa shape index (κ1) is 14.7. The molecule has 1 aromatic heterocycles. The molecule has 2 aromatic rings. The molecule has 5 nitrogen and oxygen atoms in total. The second-order valence-corrected chi connectivity index (χ2v) is 4.52. The zero-order valence-corrected chi connectivity index (χ0v) is 11.9. The summed E-state index contributed by atoms with van der Waals surface area (Å²) in [5.41, 5.74) is 1.18. The van der Waals surface area contributed by atoms with Crippen molar-refractivity contribution in [3.63, 3.8) is 0 Å². The van der Waals surface area contributed by atoms with Crippen molar-refractivity contribution in [2.45, 2.75) is 20.3 Å². The van der Waals surface area contributed by atoms with E-state index >= 15 is 0 Å². The fourth-order valence-electron chi connectivity index (χ4n) is 1.87. The Morgan fingerprint density at radius 3 is 2.76 bits per heavy atom. The maximum Gasteiger partial charge on any atom is 0.143 e. The van der Waals surface area contributed by atoms with Gasteiger partial charge in [-0.2, -0.15) is 5.26 Å². The molecule has 2 N–H and O–H groups in total. The number of aromatic nitrogens is 2. The van der Waals surface area contributed by atoms with Gasteiger partial charge in [-0.25, -0.2) is 14.4 Å². The number of halogens is 1. The van der Waals surface area contributed by atoms with Crippen molar-refractivity contribution in [3.8, 4) is 6.07 Å². The summed E-state index contributed by atoms with van der Waals surface area (Å²) < 4.78 is 13.6. The average molecular weight is 285 g/mol. The van der Waals surface area contributed by atoms with Crippen LogP contribution in [0.3, 0.4) is 0 Å².